The maximum atomic E-state index is 13.5. The Labute approximate surface area is 107 Å². The summed E-state index contributed by atoms with van der Waals surface area (Å²) >= 11 is 0. The van der Waals surface area contributed by atoms with Gasteiger partial charge in [0.2, 0.25) is 0 Å². The minimum atomic E-state index is -1.26. The fraction of sp³-hybridized carbons (Fsp3) is 0.167. The molecule has 19 heavy (non-hydrogen) atoms. The van der Waals surface area contributed by atoms with E-state index in [1.807, 2.05) is 0 Å². The molecule has 1 N–H and O–H groups in total. The lowest BCUT2D eigenvalue weighted by Gasteiger charge is -2.07. The predicted octanol–water partition coefficient (Wildman–Crippen LogP) is 3.12. The van der Waals surface area contributed by atoms with Gasteiger partial charge < -0.3 is 9.73 Å². The summed E-state index contributed by atoms with van der Waals surface area (Å²) in [7, 11) is 0. The lowest BCUT2D eigenvalue weighted by atomic mass is 10.2. The zero-order chi connectivity index (χ0) is 13.8. The topological polar surface area (TPSA) is 68.3 Å². The van der Waals surface area contributed by atoms with Gasteiger partial charge in [-0.15, -0.1) is 0 Å². The zero-order valence-electron chi connectivity index (χ0n) is 9.73. The first-order chi connectivity index (χ1) is 9.09. The lowest BCUT2D eigenvalue weighted by Crippen LogP contribution is -2.09. The Bertz CT molecular complexity index is 585. The van der Waals surface area contributed by atoms with E-state index in [-0.39, 0.29) is 6.54 Å². The van der Waals surface area contributed by atoms with E-state index in [0.29, 0.717) is 12.2 Å². The average molecular weight is 268 g/mol. The maximum Gasteiger partial charge on any atom is 0.295 e. The number of hydrogen-bond acceptors (Lipinski definition) is 4. The number of furan rings is 1. The van der Waals surface area contributed by atoms with Crippen LogP contribution in [-0.2, 0) is 6.42 Å². The van der Waals surface area contributed by atoms with E-state index in [1.165, 1.54) is 6.26 Å². The number of halogens is 2. The van der Waals surface area contributed by atoms with Gasteiger partial charge in [-0.2, -0.15) is 0 Å². The second-order valence-corrected chi connectivity index (χ2v) is 3.77. The molecular formula is C12H10F2N2O3. The summed E-state index contributed by atoms with van der Waals surface area (Å²) in [6, 6.07) is 5.07. The van der Waals surface area contributed by atoms with Crippen molar-refractivity contribution in [3.63, 3.8) is 0 Å². The number of anilines is 1. The molecule has 0 aliphatic heterocycles. The number of nitrogens with zero attached hydrogens (tertiary/aromatic N) is 1. The van der Waals surface area contributed by atoms with Crippen LogP contribution in [0.1, 0.15) is 5.76 Å². The molecule has 2 rings (SSSR count). The fourth-order valence-electron chi connectivity index (χ4n) is 1.63. The van der Waals surface area contributed by atoms with Gasteiger partial charge in [0.1, 0.15) is 5.76 Å². The molecule has 7 heteroatoms. The molecule has 0 amide bonds. The van der Waals surface area contributed by atoms with Crippen LogP contribution in [0.4, 0.5) is 20.2 Å². The standard InChI is InChI=1S/C12H10F2N2O3/c13-9-3-4-10(16(17)18)12(11(9)14)15-6-5-8-2-1-7-19-8/h1-4,7,15H,5-6H2. The Kier molecular flexibility index (Phi) is 3.74. The highest BCUT2D eigenvalue weighted by Gasteiger charge is 2.21. The first kappa shape index (κ1) is 13.0. The van der Waals surface area contributed by atoms with Gasteiger partial charge in [0.05, 0.1) is 11.2 Å². The van der Waals surface area contributed by atoms with Crippen molar-refractivity contribution >= 4 is 11.4 Å². The third-order valence-electron chi connectivity index (χ3n) is 2.52. The van der Waals surface area contributed by atoms with Crippen LogP contribution < -0.4 is 5.32 Å². The smallest absolute Gasteiger partial charge is 0.295 e. The molecule has 0 radical (unpaired) electrons. The quantitative estimate of drug-likeness (QED) is 0.668. The van der Waals surface area contributed by atoms with Crippen molar-refractivity contribution in [2.24, 2.45) is 0 Å². The van der Waals surface area contributed by atoms with E-state index in [1.54, 1.807) is 12.1 Å². The number of nitro groups is 1. The van der Waals surface area contributed by atoms with Gasteiger partial charge in [-0.3, -0.25) is 10.1 Å². The minimum Gasteiger partial charge on any atom is -0.469 e. The van der Waals surface area contributed by atoms with Crippen molar-refractivity contribution in [1.29, 1.82) is 0 Å². The molecule has 0 bridgehead atoms. The molecule has 0 saturated heterocycles. The van der Waals surface area contributed by atoms with Crippen LogP contribution in [0.5, 0.6) is 0 Å². The molecule has 0 spiro atoms. The van der Waals surface area contributed by atoms with Gasteiger partial charge in [0.15, 0.2) is 17.3 Å². The molecular weight excluding hydrogens is 258 g/mol. The molecule has 0 saturated carbocycles. The highest BCUT2D eigenvalue weighted by Crippen LogP contribution is 2.28. The molecule has 0 aliphatic rings. The molecule has 5 nitrogen and oxygen atoms in total. The largest absolute Gasteiger partial charge is 0.469 e. The normalized spacial score (nSPS) is 10.4. The van der Waals surface area contributed by atoms with E-state index in [4.69, 9.17) is 4.42 Å². The van der Waals surface area contributed by atoms with E-state index < -0.39 is 27.9 Å². The number of benzene rings is 1. The van der Waals surface area contributed by atoms with E-state index in [9.17, 15) is 18.9 Å². The van der Waals surface area contributed by atoms with Crippen LogP contribution in [0.2, 0.25) is 0 Å². The molecule has 1 aromatic carbocycles. The molecule has 0 atom stereocenters. The lowest BCUT2D eigenvalue weighted by molar-refractivity contribution is -0.384. The van der Waals surface area contributed by atoms with Crippen LogP contribution >= 0.6 is 0 Å². The Balaban J connectivity index is 2.14. The van der Waals surface area contributed by atoms with Crippen molar-refractivity contribution < 1.29 is 18.1 Å². The van der Waals surface area contributed by atoms with Crippen molar-refractivity contribution in [3.8, 4) is 0 Å². The van der Waals surface area contributed by atoms with E-state index in [2.05, 4.69) is 5.32 Å². The summed E-state index contributed by atoms with van der Waals surface area (Å²) in [5.74, 6) is -1.74. The third-order valence-corrected chi connectivity index (χ3v) is 2.52. The van der Waals surface area contributed by atoms with E-state index in [0.717, 1.165) is 12.1 Å². The Morgan fingerprint density at radius 3 is 2.74 bits per heavy atom. The molecule has 0 unspecified atom stereocenters. The fourth-order valence-corrected chi connectivity index (χ4v) is 1.63. The Hall–Kier alpha value is -2.44. The molecule has 100 valence electrons. The van der Waals surface area contributed by atoms with Crippen LogP contribution in [0.25, 0.3) is 0 Å². The van der Waals surface area contributed by atoms with Crippen molar-refractivity contribution in [2.45, 2.75) is 6.42 Å². The van der Waals surface area contributed by atoms with Crippen LogP contribution in [0, 0.1) is 21.7 Å². The number of rotatable bonds is 5. The van der Waals surface area contributed by atoms with Crippen LogP contribution in [-0.4, -0.2) is 11.5 Å². The number of nitro benzene ring substituents is 1. The zero-order valence-corrected chi connectivity index (χ0v) is 9.73. The third kappa shape index (κ3) is 2.87. The van der Waals surface area contributed by atoms with Crippen molar-refractivity contribution in [1.82, 2.24) is 0 Å². The van der Waals surface area contributed by atoms with E-state index >= 15 is 0 Å². The first-order valence-electron chi connectivity index (χ1n) is 5.48. The molecule has 1 aromatic heterocycles. The second-order valence-electron chi connectivity index (χ2n) is 3.77. The highest BCUT2D eigenvalue weighted by atomic mass is 19.2. The summed E-state index contributed by atoms with van der Waals surface area (Å²) in [5, 5.41) is 13.3. The predicted molar refractivity (Wildman–Crippen MR) is 63.9 cm³/mol. The van der Waals surface area contributed by atoms with Gasteiger partial charge in [0, 0.05) is 19.0 Å². The monoisotopic (exact) mass is 268 g/mol. The van der Waals surface area contributed by atoms with Crippen LogP contribution in [0.15, 0.2) is 34.9 Å². The Morgan fingerprint density at radius 1 is 1.32 bits per heavy atom. The Morgan fingerprint density at radius 2 is 2.11 bits per heavy atom. The summed E-state index contributed by atoms with van der Waals surface area (Å²) in [6.07, 6.45) is 1.89. The minimum absolute atomic E-state index is 0.189. The molecule has 0 aliphatic carbocycles. The molecule has 2 aromatic rings. The van der Waals surface area contributed by atoms with Crippen molar-refractivity contribution in [2.75, 3.05) is 11.9 Å². The average Bonchev–Trinajstić information content (AvgIpc) is 2.87. The van der Waals surface area contributed by atoms with Gasteiger partial charge in [-0.05, 0) is 18.2 Å². The summed E-state index contributed by atoms with van der Waals surface area (Å²) < 4.78 is 31.7. The van der Waals surface area contributed by atoms with Crippen molar-refractivity contribution in [3.05, 3.63) is 58.0 Å². The SMILES string of the molecule is O=[N+]([O-])c1ccc(F)c(F)c1NCCc1ccco1. The van der Waals surface area contributed by atoms with Gasteiger partial charge in [0.25, 0.3) is 5.69 Å². The summed E-state index contributed by atoms with van der Waals surface area (Å²) in [5.41, 5.74) is -0.949. The summed E-state index contributed by atoms with van der Waals surface area (Å²) in [4.78, 5) is 9.97. The highest BCUT2D eigenvalue weighted by molar-refractivity contribution is 5.62. The van der Waals surface area contributed by atoms with Gasteiger partial charge in [-0.25, -0.2) is 8.78 Å². The van der Waals surface area contributed by atoms with Crippen LogP contribution in [0.3, 0.4) is 0 Å². The van der Waals surface area contributed by atoms with Gasteiger partial charge >= 0.3 is 0 Å². The number of nitrogens with one attached hydrogen (secondary N) is 1. The maximum absolute atomic E-state index is 13.5. The number of hydrogen-bond donors (Lipinski definition) is 1. The first-order valence-corrected chi connectivity index (χ1v) is 5.48. The summed E-state index contributed by atoms with van der Waals surface area (Å²) in [6.45, 7) is 0.189. The molecule has 0 fully saturated rings. The molecule has 1 heterocycles. The van der Waals surface area contributed by atoms with Gasteiger partial charge in [-0.1, -0.05) is 0 Å². The second kappa shape index (κ2) is 5.47.